The van der Waals surface area contributed by atoms with E-state index in [-0.39, 0.29) is 0 Å². The maximum atomic E-state index is 15.5. The number of ether oxygens (including phenoxy) is 2. The molecule has 2 heterocycles. The van der Waals surface area contributed by atoms with Crippen LogP contribution in [0.5, 0.6) is 0 Å². The molecular formula is C38H28FN3O4. The fourth-order valence-electron chi connectivity index (χ4n) is 6.06. The maximum Gasteiger partial charge on any atom is 0.305 e. The lowest BCUT2D eigenvalue weighted by molar-refractivity contribution is -0.387. The van der Waals surface area contributed by atoms with Gasteiger partial charge in [0.1, 0.15) is 11.8 Å². The molecular weight excluding hydrogens is 581 g/mol. The third-order valence-electron chi connectivity index (χ3n) is 8.12. The van der Waals surface area contributed by atoms with E-state index in [1.54, 1.807) is 16.8 Å². The monoisotopic (exact) mass is 609 g/mol. The van der Waals surface area contributed by atoms with Gasteiger partial charge in [-0.05, 0) is 34.4 Å². The van der Waals surface area contributed by atoms with Gasteiger partial charge in [0.2, 0.25) is 12.1 Å². The van der Waals surface area contributed by atoms with Gasteiger partial charge >= 0.3 is 5.69 Å². The average Bonchev–Trinajstić information content (AvgIpc) is 3.69. The SMILES string of the molecule is O=[N+]([O-])c1cc2c(C=CC3=COC(Cc4ccccc4)O3)nn(C(c3ccccc3)(c3ccccc3)c3ccccc3)c2cc1F. The van der Waals surface area contributed by atoms with Gasteiger partial charge in [-0.3, -0.25) is 10.1 Å². The molecule has 46 heavy (non-hydrogen) atoms. The first kappa shape index (κ1) is 28.7. The van der Waals surface area contributed by atoms with Crippen molar-refractivity contribution in [2.45, 2.75) is 18.2 Å². The highest BCUT2D eigenvalue weighted by atomic mass is 19.1. The second kappa shape index (κ2) is 12.2. The van der Waals surface area contributed by atoms with Crippen LogP contribution in [0.3, 0.4) is 0 Å². The standard InChI is InChI=1S/C38H28FN3O4/c39-33-25-35-32(24-36(33)42(43)44)34(22-21-31-26-45-37(46-31)23-27-13-5-1-6-14-27)40-41(35)38(28-15-7-2-8-16-28,29-17-9-3-10-18-29)30-19-11-4-12-20-30/h1-22,24-26,37H,23H2. The number of nitrogens with zero attached hydrogens (tertiary/aromatic N) is 3. The Morgan fingerprint density at radius 3 is 1.89 bits per heavy atom. The molecule has 0 spiro atoms. The van der Waals surface area contributed by atoms with Crippen molar-refractivity contribution < 1.29 is 18.8 Å². The number of aromatic nitrogens is 2. The third-order valence-corrected chi connectivity index (χ3v) is 8.12. The second-order valence-electron chi connectivity index (χ2n) is 10.9. The predicted molar refractivity (Wildman–Crippen MR) is 174 cm³/mol. The van der Waals surface area contributed by atoms with E-state index in [0.29, 0.717) is 28.8 Å². The summed E-state index contributed by atoms with van der Waals surface area (Å²) < 4.78 is 29.0. The van der Waals surface area contributed by atoms with E-state index in [2.05, 4.69) is 0 Å². The van der Waals surface area contributed by atoms with Gasteiger partial charge in [-0.25, -0.2) is 4.68 Å². The molecule has 0 saturated carbocycles. The molecule has 1 aromatic heterocycles. The highest BCUT2D eigenvalue weighted by molar-refractivity contribution is 5.90. The summed E-state index contributed by atoms with van der Waals surface area (Å²) in [5.41, 5.74) is 2.81. The van der Waals surface area contributed by atoms with Crippen LogP contribution in [0.4, 0.5) is 10.1 Å². The zero-order chi connectivity index (χ0) is 31.5. The molecule has 0 fully saturated rings. The first-order chi connectivity index (χ1) is 22.5. The number of benzene rings is 5. The number of nitro benzene ring substituents is 1. The number of hydrogen-bond acceptors (Lipinski definition) is 5. The fraction of sp³-hybridized carbons (Fsp3) is 0.0789. The van der Waals surface area contributed by atoms with Gasteiger partial charge in [-0.15, -0.1) is 0 Å². The Kier molecular flexibility index (Phi) is 7.60. The lowest BCUT2D eigenvalue weighted by Gasteiger charge is -2.37. The highest BCUT2D eigenvalue weighted by Crippen LogP contribution is 2.43. The molecule has 1 aliphatic rings. The van der Waals surface area contributed by atoms with Crippen molar-refractivity contribution in [2.75, 3.05) is 0 Å². The topological polar surface area (TPSA) is 79.4 Å². The Balaban J connectivity index is 1.41. The van der Waals surface area contributed by atoms with Crippen molar-refractivity contribution >= 4 is 22.7 Å². The zero-order valence-corrected chi connectivity index (χ0v) is 24.6. The summed E-state index contributed by atoms with van der Waals surface area (Å²) in [6.45, 7) is 0. The van der Waals surface area contributed by atoms with E-state index in [1.165, 1.54) is 18.4 Å². The Labute approximate surface area is 264 Å². The molecule has 0 N–H and O–H groups in total. The molecule has 6 aromatic rings. The number of fused-ring (bicyclic) bond motifs is 1. The summed E-state index contributed by atoms with van der Waals surface area (Å²) in [6.07, 6.45) is 5.03. The lowest BCUT2D eigenvalue weighted by atomic mass is 9.77. The molecule has 0 saturated heterocycles. The van der Waals surface area contributed by atoms with Crippen LogP contribution < -0.4 is 0 Å². The van der Waals surface area contributed by atoms with Crippen LogP contribution in [0.1, 0.15) is 27.9 Å². The van der Waals surface area contributed by atoms with Crippen LogP contribution in [-0.4, -0.2) is 21.0 Å². The Bertz CT molecular complexity index is 1960. The van der Waals surface area contributed by atoms with E-state index in [0.717, 1.165) is 22.3 Å². The predicted octanol–water partition coefficient (Wildman–Crippen LogP) is 8.39. The third kappa shape index (κ3) is 5.20. The number of allylic oxidation sites excluding steroid dienone is 1. The number of nitro groups is 1. The summed E-state index contributed by atoms with van der Waals surface area (Å²) in [5.74, 6) is -0.475. The minimum Gasteiger partial charge on any atom is -0.458 e. The van der Waals surface area contributed by atoms with Crippen molar-refractivity contribution in [3.05, 3.63) is 195 Å². The summed E-state index contributed by atoms with van der Waals surface area (Å²) in [5, 5.41) is 17.4. The molecule has 0 radical (unpaired) electrons. The molecule has 0 amide bonds. The van der Waals surface area contributed by atoms with Crippen LogP contribution in [0, 0.1) is 15.9 Å². The molecule has 1 unspecified atom stereocenters. The van der Waals surface area contributed by atoms with Gasteiger partial charge in [0, 0.05) is 23.9 Å². The molecule has 0 aliphatic carbocycles. The van der Waals surface area contributed by atoms with Crippen molar-refractivity contribution in [3.63, 3.8) is 0 Å². The Hall–Kier alpha value is -6.02. The van der Waals surface area contributed by atoms with Crippen LogP contribution >= 0.6 is 0 Å². The number of rotatable bonds is 9. The molecule has 7 rings (SSSR count). The first-order valence-corrected chi connectivity index (χ1v) is 14.8. The number of halogens is 1. The van der Waals surface area contributed by atoms with E-state index in [9.17, 15) is 10.1 Å². The summed E-state index contributed by atoms with van der Waals surface area (Å²) in [6, 6.07) is 41.9. The van der Waals surface area contributed by atoms with Gasteiger partial charge in [-0.2, -0.15) is 9.49 Å². The fourth-order valence-corrected chi connectivity index (χ4v) is 6.06. The summed E-state index contributed by atoms with van der Waals surface area (Å²) >= 11 is 0. The first-order valence-electron chi connectivity index (χ1n) is 14.8. The molecule has 1 atom stereocenters. The van der Waals surface area contributed by atoms with Gasteiger partial charge in [0.25, 0.3) is 0 Å². The zero-order valence-electron chi connectivity index (χ0n) is 24.6. The van der Waals surface area contributed by atoms with Gasteiger partial charge < -0.3 is 9.47 Å². The van der Waals surface area contributed by atoms with Crippen LogP contribution in [0.25, 0.3) is 17.0 Å². The van der Waals surface area contributed by atoms with E-state index < -0.39 is 28.3 Å². The lowest BCUT2D eigenvalue weighted by Crippen LogP contribution is -2.38. The van der Waals surface area contributed by atoms with Crippen LogP contribution in [-0.2, 0) is 21.4 Å². The molecule has 226 valence electrons. The smallest absolute Gasteiger partial charge is 0.305 e. The Morgan fingerprint density at radius 1 is 0.804 bits per heavy atom. The van der Waals surface area contributed by atoms with Crippen molar-refractivity contribution in [2.24, 2.45) is 0 Å². The summed E-state index contributed by atoms with van der Waals surface area (Å²) in [7, 11) is 0. The van der Waals surface area contributed by atoms with E-state index >= 15 is 4.39 Å². The molecule has 5 aromatic carbocycles. The van der Waals surface area contributed by atoms with Crippen molar-refractivity contribution in [1.82, 2.24) is 9.78 Å². The van der Waals surface area contributed by atoms with Gasteiger partial charge in [0.15, 0.2) is 5.76 Å². The van der Waals surface area contributed by atoms with Gasteiger partial charge in [0.05, 0.1) is 16.1 Å². The minimum absolute atomic E-state index is 0.388. The molecule has 0 bridgehead atoms. The molecule has 1 aliphatic heterocycles. The minimum atomic E-state index is -1.07. The largest absolute Gasteiger partial charge is 0.458 e. The normalized spacial score (nSPS) is 14.6. The Morgan fingerprint density at radius 2 is 1.35 bits per heavy atom. The summed E-state index contributed by atoms with van der Waals surface area (Å²) in [4.78, 5) is 11.2. The maximum absolute atomic E-state index is 15.5. The molecule has 7 nitrogen and oxygen atoms in total. The highest BCUT2D eigenvalue weighted by Gasteiger charge is 2.41. The van der Waals surface area contributed by atoms with Crippen molar-refractivity contribution in [3.8, 4) is 0 Å². The van der Waals surface area contributed by atoms with Crippen LogP contribution in [0.2, 0.25) is 0 Å². The van der Waals surface area contributed by atoms with E-state index in [1.807, 2.05) is 121 Å². The van der Waals surface area contributed by atoms with E-state index in [4.69, 9.17) is 14.6 Å². The van der Waals surface area contributed by atoms with Gasteiger partial charge in [-0.1, -0.05) is 121 Å². The quantitative estimate of drug-likeness (QED) is 0.0935. The molecule has 8 heteroatoms. The van der Waals surface area contributed by atoms with Crippen LogP contribution in [0.15, 0.2) is 152 Å². The van der Waals surface area contributed by atoms with Crippen molar-refractivity contribution in [1.29, 1.82) is 0 Å². The second-order valence-corrected chi connectivity index (χ2v) is 10.9. The average molecular weight is 610 g/mol. The number of hydrogen-bond donors (Lipinski definition) is 0.